The summed E-state index contributed by atoms with van der Waals surface area (Å²) in [5, 5.41) is 8.60. The molecule has 3 N–H and O–H groups in total. The molecule has 17 heavy (non-hydrogen) atoms. The van der Waals surface area contributed by atoms with Gasteiger partial charge < -0.3 is 15.7 Å². The summed E-state index contributed by atoms with van der Waals surface area (Å²) in [5.74, 6) is -0.477. The molecular formula is C11H22N2O3S. The van der Waals surface area contributed by atoms with Gasteiger partial charge >= 0.3 is 5.97 Å². The van der Waals surface area contributed by atoms with E-state index in [1.165, 1.54) is 11.8 Å². The molecule has 0 aromatic rings. The fraction of sp³-hybridized carbons (Fsp3) is 0.818. The topological polar surface area (TPSA) is 83.6 Å². The van der Waals surface area contributed by atoms with Gasteiger partial charge in [-0.05, 0) is 27.7 Å². The van der Waals surface area contributed by atoms with Crippen LogP contribution in [0.15, 0.2) is 0 Å². The number of carboxylic acid groups (broad SMARTS) is 1. The van der Waals surface area contributed by atoms with Crippen LogP contribution in [0, 0.1) is 0 Å². The lowest BCUT2D eigenvalue weighted by molar-refractivity contribution is -0.138. The molecule has 0 fully saturated rings. The van der Waals surface area contributed by atoms with Crippen LogP contribution in [-0.2, 0) is 9.59 Å². The Balaban J connectivity index is 4.12. The first kappa shape index (κ1) is 16.2. The molecule has 0 aliphatic carbocycles. The summed E-state index contributed by atoms with van der Waals surface area (Å²) in [4.78, 5) is 24.2. The van der Waals surface area contributed by atoms with Crippen molar-refractivity contribution in [2.45, 2.75) is 45.8 Å². The van der Waals surface area contributed by atoms with Crippen LogP contribution >= 0.6 is 11.8 Å². The molecule has 0 unspecified atom stereocenters. The lowest BCUT2D eigenvalue weighted by Crippen LogP contribution is -2.43. The smallest absolute Gasteiger partial charge is 0.321 e. The number of carbonyl (C=O) groups is 2. The molecule has 1 amide bonds. The molecule has 0 aromatic carbocycles. The van der Waals surface area contributed by atoms with Crippen LogP contribution in [0.25, 0.3) is 0 Å². The molecule has 5 nitrogen and oxygen atoms in total. The summed E-state index contributed by atoms with van der Waals surface area (Å²) in [5.41, 5.74) is 5.35. The van der Waals surface area contributed by atoms with Crippen LogP contribution in [-0.4, -0.2) is 51.5 Å². The van der Waals surface area contributed by atoms with E-state index in [0.29, 0.717) is 0 Å². The molecule has 0 aliphatic rings. The highest BCUT2D eigenvalue weighted by Crippen LogP contribution is 2.10. The lowest BCUT2D eigenvalue weighted by Gasteiger charge is -2.30. The van der Waals surface area contributed by atoms with Gasteiger partial charge in [-0.2, -0.15) is 0 Å². The Kier molecular flexibility index (Phi) is 7.22. The largest absolute Gasteiger partial charge is 0.480 e. The van der Waals surface area contributed by atoms with Gasteiger partial charge in [0, 0.05) is 17.8 Å². The van der Waals surface area contributed by atoms with E-state index in [-0.39, 0.29) is 29.5 Å². The predicted octanol–water partition coefficient (Wildman–Crippen LogP) is 0.777. The highest BCUT2D eigenvalue weighted by atomic mass is 32.2. The SMILES string of the molecule is CC(C)N(C(=O)CSC[C@H](N)C(=O)O)C(C)C. The molecular weight excluding hydrogens is 240 g/mol. The van der Waals surface area contributed by atoms with Gasteiger partial charge in [0.1, 0.15) is 6.04 Å². The van der Waals surface area contributed by atoms with Crippen LogP contribution in [0.2, 0.25) is 0 Å². The van der Waals surface area contributed by atoms with Gasteiger partial charge in [0.05, 0.1) is 5.75 Å². The zero-order valence-corrected chi connectivity index (χ0v) is 11.7. The number of amides is 1. The number of thioether (sulfide) groups is 1. The Morgan fingerprint density at radius 1 is 1.24 bits per heavy atom. The van der Waals surface area contributed by atoms with Crippen molar-refractivity contribution in [3.05, 3.63) is 0 Å². The summed E-state index contributed by atoms with van der Waals surface area (Å²) in [7, 11) is 0. The van der Waals surface area contributed by atoms with E-state index in [1.54, 1.807) is 4.90 Å². The molecule has 100 valence electrons. The number of nitrogens with zero attached hydrogens (tertiary/aromatic N) is 1. The van der Waals surface area contributed by atoms with Crippen LogP contribution in [0.1, 0.15) is 27.7 Å². The van der Waals surface area contributed by atoms with Crippen LogP contribution in [0.5, 0.6) is 0 Å². The minimum atomic E-state index is -1.03. The van der Waals surface area contributed by atoms with Crippen LogP contribution in [0.3, 0.4) is 0 Å². The number of rotatable bonds is 7. The number of aliphatic carboxylic acids is 1. The number of hydrogen-bond acceptors (Lipinski definition) is 4. The fourth-order valence-corrected chi connectivity index (χ4v) is 2.43. The first-order valence-electron chi connectivity index (χ1n) is 5.64. The highest BCUT2D eigenvalue weighted by molar-refractivity contribution is 8.00. The van der Waals surface area contributed by atoms with Crippen molar-refractivity contribution in [1.29, 1.82) is 0 Å². The van der Waals surface area contributed by atoms with Crippen molar-refractivity contribution < 1.29 is 14.7 Å². The normalized spacial score (nSPS) is 12.9. The number of hydrogen-bond donors (Lipinski definition) is 2. The molecule has 0 rings (SSSR count). The third-order valence-corrected chi connectivity index (χ3v) is 3.29. The zero-order chi connectivity index (χ0) is 13.6. The van der Waals surface area contributed by atoms with Gasteiger partial charge in [-0.25, -0.2) is 0 Å². The molecule has 0 radical (unpaired) electrons. The van der Waals surface area contributed by atoms with E-state index in [9.17, 15) is 9.59 Å². The third-order valence-electron chi connectivity index (χ3n) is 2.24. The van der Waals surface area contributed by atoms with E-state index < -0.39 is 12.0 Å². The van der Waals surface area contributed by atoms with Gasteiger partial charge in [0.2, 0.25) is 5.91 Å². The zero-order valence-electron chi connectivity index (χ0n) is 10.8. The highest BCUT2D eigenvalue weighted by Gasteiger charge is 2.20. The summed E-state index contributed by atoms with van der Waals surface area (Å²) < 4.78 is 0. The van der Waals surface area contributed by atoms with E-state index in [2.05, 4.69) is 0 Å². The fourth-order valence-electron chi connectivity index (χ4n) is 1.59. The molecule has 1 atom stereocenters. The van der Waals surface area contributed by atoms with E-state index in [1.807, 2.05) is 27.7 Å². The lowest BCUT2D eigenvalue weighted by atomic mass is 10.2. The van der Waals surface area contributed by atoms with Crippen molar-refractivity contribution in [1.82, 2.24) is 4.90 Å². The Bertz CT molecular complexity index is 261. The van der Waals surface area contributed by atoms with Crippen molar-refractivity contribution in [2.75, 3.05) is 11.5 Å². The molecule has 0 spiro atoms. The Morgan fingerprint density at radius 2 is 1.71 bits per heavy atom. The average Bonchev–Trinajstić information content (AvgIpc) is 2.15. The minimum absolute atomic E-state index is 0.0255. The first-order chi connectivity index (χ1) is 7.77. The van der Waals surface area contributed by atoms with E-state index in [4.69, 9.17) is 10.8 Å². The molecule has 0 saturated heterocycles. The molecule has 0 aromatic heterocycles. The van der Waals surface area contributed by atoms with Gasteiger partial charge in [0.25, 0.3) is 0 Å². The average molecular weight is 262 g/mol. The minimum Gasteiger partial charge on any atom is -0.480 e. The van der Waals surface area contributed by atoms with Crippen LogP contribution in [0.4, 0.5) is 0 Å². The summed E-state index contributed by atoms with van der Waals surface area (Å²) in [6, 6.07) is -0.605. The molecule has 6 heteroatoms. The van der Waals surface area contributed by atoms with Crippen molar-refractivity contribution >= 4 is 23.6 Å². The number of carbonyl (C=O) groups excluding carboxylic acids is 1. The maximum absolute atomic E-state index is 11.9. The number of carboxylic acids is 1. The molecule has 0 saturated carbocycles. The van der Waals surface area contributed by atoms with Crippen molar-refractivity contribution in [3.8, 4) is 0 Å². The molecule has 0 bridgehead atoms. The molecule has 0 aliphatic heterocycles. The number of nitrogens with two attached hydrogens (primary N) is 1. The van der Waals surface area contributed by atoms with Gasteiger partial charge in [0.15, 0.2) is 0 Å². The predicted molar refractivity (Wildman–Crippen MR) is 70.1 cm³/mol. The maximum Gasteiger partial charge on any atom is 0.321 e. The van der Waals surface area contributed by atoms with E-state index >= 15 is 0 Å². The van der Waals surface area contributed by atoms with Gasteiger partial charge in [-0.1, -0.05) is 0 Å². The van der Waals surface area contributed by atoms with E-state index in [0.717, 1.165) is 0 Å². The quantitative estimate of drug-likeness (QED) is 0.708. The first-order valence-corrected chi connectivity index (χ1v) is 6.80. The van der Waals surface area contributed by atoms with Gasteiger partial charge in [-0.3, -0.25) is 9.59 Å². The summed E-state index contributed by atoms with van der Waals surface area (Å²) in [6.07, 6.45) is 0. The van der Waals surface area contributed by atoms with Crippen molar-refractivity contribution in [3.63, 3.8) is 0 Å². The Labute approximate surface area is 107 Å². The third kappa shape index (κ3) is 5.93. The summed E-state index contributed by atoms with van der Waals surface area (Å²) >= 11 is 1.26. The second kappa shape index (κ2) is 7.55. The molecule has 0 heterocycles. The second-order valence-electron chi connectivity index (χ2n) is 4.45. The van der Waals surface area contributed by atoms with Crippen LogP contribution < -0.4 is 5.73 Å². The second-order valence-corrected chi connectivity index (χ2v) is 5.48. The summed E-state index contributed by atoms with van der Waals surface area (Å²) in [6.45, 7) is 7.86. The maximum atomic E-state index is 11.9. The Morgan fingerprint density at radius 3 is 2.06 bits per heavy atom. The van der Waals surface area contributed by atoms with Gasteiger partial charge in [-0.15, -0.1) is 11.8 Å². The Hall–Kier alpha value is -0.750. The standard InChI is InChI=1S/C11H22N2O3S/c1-7(2)13(8(3)4)10(14)6-17-5-9(12)11(15)16/h7-9H,5-6,12H2,1-4H3,(H,15,16)/t9-/m0/s1. The monoisotopic (exact) mass is 262 g/mol. The van der Waals surface area contributed by atoms with Crippen molar-refractivity contribution in [2.24, 2.45) is 5.73 Å².